The highest BCUT2D eigenvalue weighted by Gasteiger charge is 2.27. The highest BCUT2D eigenvalue weighted by Crippen LogP contribution is 2.39. The summed E-state index contributed by atoms with van der Waals surface area (Å²) >= 11 is 16.5. The maximum atomic E-state index is 12.1. The van der Waals surface area contributed by atoms with Crippen molar-refractivity contribution >= 4 is 72.9 Å². The first kappa shape index (κ1) is 17.7. The minimum absolute atomic E-state index is 0.332. The van der Waals surface area contributed by atoms with Gasteiger partial charge in [0.05, 0.1) is 23.4 Å². The number of hydrogen-bond acceptors (Lipinski definition) is 4. The summed E-state index contributed by atoms with van der Waals surface area (Å²) in [6, 6.07) is 5.48. The number of hydrogen-bond donors (Lipinski definition) is 2. The normalized spacial score (nSPS) is 12.6. The number of benzene rings is 1. The first-order chi connectivity index (χ1) is 11.5. The number of thiocarbonyl (C=S) groups is 1. The van der Waals surface area contributed by atoms with Gasteiger partial charge < -0.3 is 15.4 Å². The van der Waals surface area contributed by atoms with Crippen molar-refractivity contribution in [1.29, 1.82) is 0 Å². The molecule has 0 unspecified atom stereocenters. The zero-order valence-corrected chi connectivity index (χ0v) is 16.7. The lowest BCUT2D eigenvalue weighted by atomic mass is 10.1. The van der Waals surface area contributed by atoms with Crippen LogP contribution in [0.2, 0.25) is 5.02 Å². The zero-order valence-electron chi connectivity index (χ0n) is 12.7. The summed E-state index contributed by atoms with van der Waals surface area (Å²) in [5, 5.41) is 7.82. The zero-order chi connectivity index (χ0) is 17.3. The largest absolute Gasteiger partial charge is 0.465 e. The Labute approximate surface area is 162 Å². The number of methoxy groups -OCH3 is 1. The Balaban J connectivity index is 1.81. The minimum atomic E-state index is -0.332. The van der Waals surface area contributed by atoms with E-state index >= 15 is 0 Å². The van der Waals surface area contributed by atoms with Crippen molar-refractivity contribution in [3.05, 3.63) is 43.7 Å². The Morgan fingerprint density at radius 3 is 2.88 bits per heavy atom. The van der Waals surface area contributed by atoms with Gasteiger partial charge in [-0.3, -0.25) is 0 Å². The van der Waals surface area contributed by atoms with Crippen LogP contribution in [0.5, 0.6) is 0 Å². The van der Waals surface area contributed by atoms with Gasteiger partial charge in [-0.15, -0.1) is 11.3 Å². The Morgan fingerprint density at radius 2 is 2.17 bits per heavy atom. The summed E-state index contributed by atoms with van der Waals surface area (Å²) in [7, 11) is 1.39. The molecule has 1 heterocycles. The van der Waals surface area contributed by atoms with E-state index < -0.39 is 0 Å². The molecule has 8 heteroatoms. The van der Waals surface area contributed by atoms with Gasteiger partial charge in [-0.05, 0) is 55.2 Å². The number of carbonyl (C=O) groups excluding carboxylic acids is 1. The highest BCUT2D eigenvalue weighted by molar-refractivity contribution is 9.10. The molecule has 2 aromatic rings. The Morgan fingerprint density at radius 1 is 1.38 bits per heavy atom. The second-order valence-electron chi connectivity index (χ2n) is 5.26. The average Bonchev–Trinajstić information content (AvgIpc) is 3.10. The van der Waals surface area contributed by atoms with E-state index in [2.05, 4.69) is 26.6 Å². The van der Waals surface area contributed by atoms with Gasteiger partial charge in [0.2, 0.25) is 0 Å². The van der Waals surface area contributed by atoms with Crippen LogP contribution in [0, 0.1) is 0 Å². The topological polar surface area (TPSA) is 50.4 Å². The average molecular weight is 446 g/mol. The molecule has 4 nitrogen and oxygen atoms in total. The summed E-state index contributed by atoms with van der Waals surface area (Å²) in [5.41, 5.74) is 2.38. The summed E-state index contributed by atoms with van der Waals surface area (Å²) in [4.78, 5) is 13.4. The van der Waals surface area contributed by atoms with E-state index in [0.717, 1.165) is 34.3 Å². The van der Waals surface area contributed by atoms with Gasteiger partial charge in [0.15, 0.2) is 5.11 Å². The number of fused-ring (bicyclic) bond motifs is 1. The van der Waals surface area contributed by atoms with Gasteiger partial charge in [0.25, 0.3) is 0 Å². The Kier molecular flexibility index (Phi) is 5.44. The fourth-order valence-corrected chi connectivity index (χ4v) is 4.94. The second-order valence-corrected chi connectivity index (χ2v) is 8.09. The Bertz CT molecular complexity index is 823. The van der Waals surface area contributed by atoms with Crippen molar-refractivity contribution in [2.24, 2.45) is 0 Å². The molecule has 0 saturated heterocycles. The molecule has 126 valence electrons. The molecule has 0 aliphatic heterocycles. The van der Waals surface area contributed by atoms with Crippen molar-refractivity contribution in [2.45, 2.75) is 19.3 Å². The predicted molar refractivity (Wildman–Crippen MR) is 107 cm³/mol. The van der Waals surface area contributed by atoms with E-state index in [9.17, 15) is 4.79 Å². The molecule has 1 aliphatic rings. The fourth-order valence-electron chi connectivity index (χ4n) is 2.66. The number of aryl methyl sites for hydroxylation is 1. The second kappa shape index (κ2) is 7.39. The maximum Gasteiger partial charge on any atom is 0.341 e. The summed E-state index contributed by atoms with van der Waals surface area (Å²) < 4.78 is 5.82. The molecule has 0 bridgehead atoms. The number of rotatable bonds is 3. The third-order valence-electron chi connectivity index (χ3n) is 3.72. The molecule has 0 spiro atoms. The first-order valence-electron chi connectivity index (χ1n) is 7.25. The van der Waals surface area contributed by atoms with Gasteiger partial charge in [-0.1, -0.05) is 27.5 Å². The van der Waals surface area contributed by atoms with Crippen molar-refractivity contribution in [1.82, 2.24) is 0 Å². The first-order valence-corrected chi connectivity index (χ1v) is 9.65. The minimum Gasteiger partial charge on any atom is -0.465 e. The van der Waals surface area contributed by atoms with Crippen LogP contribution in [-0.2, 0) is 17.6 Å². The molecule has 2 N–H and O–H groups in total. The standard InChI is InChI=1S/C16H14BrClN2O2S2/c1-22-15(21)13-9-3-2-4-12(9)24-14(13)20-16(23)19-11-6-5-8(17)7-10(11)18/h5-7H,2-4H2,1H3,(H2,19,20,23). The van der Waals surface area contributed by atoms with Crippen molar-refractivity contribution in [2.75, 3.05) is 17.7 Å². The van der Waals surface area contributed by atoms with Crippen LogP contribution >= 0.6 is 51.1 Å². The number of halogens is 2. The van der Waals surface area contributed by atoms with Crippen LogP contribution < -0.4 is 10.6 Å². The smallest absolute Gasteiger partial charge is 0.341 e. The summed E-state index contributed by atoms with van der Waals surface area (Å²) in [5.74, 6) is -0.332. The lowest BCUT2D eigenvalue weighted by Crippen LogP contribution is -2.20. The van der Waals surface area contributed by atoms with Crippen LogP contribution in [0.3, 0.4) is 0 Å². The van der Waals surface area contributed by atoms with E-state index in [4.69, 9.17) is 28.6 Å². The van der Waals surface area contributed by atoms with E-state index in [1.54, 1.807) is 17.4 Å². The molecule has 1 aliphatic carbocycles. The van der Waals surface area contributed by atoms with E-state index in [-0.39, 0.29) is 5.97 Å². The molecule has 0 atom stereocenters. The number of anilines is 2. The van der Waals surface area contributed by atoms with Crippen molar-refractivity contribution in [3.63, 3.8) is 0 Å². The van der Waals surface area contributed by atoms with E-state index in [0.29, 0.717) is 21.4 Å². The fraction of sp³-hybridized carbons (Fsp3) is 0.250. The number of thiophene rings is 1. The monoisotopic (exact) mass is 444 g/mol. The lowest BCUT2D eigenvalue weighted by molar-refractivity contribution is 0.0601. The highest BCUT2D eigenvalue weighted by atomic mass is 79.9. The molecular formula is C16H14BrClN2O2S2. The molecule has 0 saturated carbocycles. The predicted octanol–water partition coefficient (Wildman–Crippen LogP) is 5.25. The molecule has 0 fully saturated rings. The third-order valence-corrected chi connectivity index (χ3v) is 5.93. The number of ether oxygens (including phenoxy) is 1. The maximum absolute atomic E-state index is 12.1. The van der Waals surface area contributed by atoms with Crippen molar-refractivity contribution < 1.29 is 9.53 Å². The molecule has 24 heavy (non-hydrogen) atoms. The van der Waals surface area contributed by atoms with Crippen molar-refractivity contribution in [3.8, 4) is 0 Å². The van der Waals surface area contributed by atoms with Crippen LogP contribution in [0.4, 0.5) is 10.7 Å². The number of esters is 1. The van der Waals surface area contributed by atoms with Gasteiger partial charge in [-0.25, -0.2) is 4.79 Å². The molecule has 0 amide bonds. The van der Waals surface area contributed by atoms with Crippen LogP contribution in [0.1, 0.15) is 27.2 Å². The molecule has 1 aromatic carbocycles. The van der Waals surface area contributed by atoms with Gasteiger partial charge in [0.1, 0.15) is 5.00 Å². The quantitative estimate of drug-likeness (QED) is 0.499. The SMILES string of the molecule is COC(=O)c1c(NC(=S)Nc2ccc(Br)cc2Cl)sc2c1CCC2. The number of carbonyl (C=O) groups is 1. The Hall–Kier alpha value is -1.15. The van der Waals surface area contributed by atoms with Gasteiger partial charge in [0, 0.05) is 9.35 Å². The van der Waals surface area contributed by atoms with Crippen LogP contribution in [0.15, 0.2) is 22.7 Å². The molecular weight excluding hydrogens is 432 g/mol. The van der Waals surface area contributed by atoms with E-state index in [1.807, 2.05) is 12.1 Å². The van der Waals surface area contributed by atoms with Crippen LogP contribution in [0.25, 0.3) is 0 Å². The molecule has 0 radical (unpaired) electrons. The molecule has 1 aromatic heterocycles. The summed E-state index contributed by atoms with van der Waals surface area (Å²) in [6.07, 6.45) is 2.96. The van der Waals surface area contributed by atoms with E-state index in [1.165, 1.54) is 12.0 Å². The van der Waals surface area contributed by atoms with Crippen LogP contribution in [-0.4, -0.2) is 18.2 Å². The summed E-state index contributed by atoms with van der Waals surface area (Å²) in [6.45, 7) is 0. The number of nitrogens with one attached hydrogen (secondary N) is 2. The third kappa shape index (κ3) is 3.59. The molecule has 3 rings (SSSR count). The van der Waals surface area contributed by atoms with Gasteiger partial charge in [-0.2, -0.15) is 0 Å². The lowest BCUT2D eigenvalue weighted by Gasteiger charge is -2.12. The van der Waals surface area contributed by atoms with Gasteiger partial charge >= 0.3 is 5.97 Å².